The standard InChI is InChI=1S/C20H17N5OS/c26-20(13-1-3-16-17(9-13)23-12-22-16)24-15-2-4-19(21-10-15)25-7-5-18-14(11-25)6-8-27-18/h1-4,6,8-10,12H,5,7,11H2,(H,22,23)(H,24,26). The van der Waals surface area contributed by atoms with Crippen LogP contribution in [0.15, 0.2) is 54.3 Å². The lowest BCUT2D eigenvalue weighted by Gasteiger charge is -2.28. The molecule has 4 aromatic rings. The first-order chi connectivity index (χ1) is 13.3. The molecule has 6 nitrogen and oxygen atoms in total. The molecule has 4 heterocycles. The molecule has 0 bridgehead atoms. The zero-order valence-electron chi connectivity index (χ0n) is 14.5. The highest BCUT2D eigenvalue weighted by atomic mass is 32.1. The van der Waals surface area contributed by atoms with Gasteiger partial charge in [0.1, 0.15) is 5.82 Å². The Balaban J connectivity index is 1.29. The largest absolute Gasteiger partial charge is 0.352 e. The van der Waals surface area contributed by atoms with Crippen LogP contribution in [0.3, 0.4) is 0 Å². The first kappa shape index (κ1) is 16.0. The quantitative estimate of drug-likeness (QED) is 0.571. The number of anilines is 2. The van der Waals surface area contributed by atoms with E-state index >= 15 is 0 Å². The van der Waals surface area contributed by atoms with Crippen molar-refractivity contribution in [3.63, 3.8) is 0 Å². The van der Waals surface area contributed by atoms with Gasteiger partial charge >= 0.3 is 0 Å². The van der Waals surface area contributed by atoms with Crippen LogP contribution in [0.5, 0.6) is 0 Å². The number of nitrogens with one attached hydrogen (secondary N) is 2. The summed E-state index contributed by atoms with van der Waals surface area (Å²) >= 11 is 1.83. The number of aromatic nitrogens is 3. The molecule has 0 aliphatic carbocycles. The molecule has 0 saturated heterocycles. The number of pyridine rings is 1. The highest BCUT2D eigenvalue weighted by Crippen LogP contribution is 2.27. The lowest BCUT2D eigenvalue weighted by Crippen LogP contribution is -2.30. The molecule has 0 atom stereocenters. The molecule has 0 saturated carbocycles. The van der Waals surface area contributed by atoms with E-state index in [1.165, 1.54) is 10.4 Å². The van der Waals surface area contributed by atoms with E-state index in [0.29, 0.717) is 11.3 Å². The van der Waals surface area contributed by atoms with E-state index in [4.69, 9.17) is 0 Å². The van der Waals surface area contributed by atoms with Crippen LogP contribution < -0.4 is 10.2 Å². The molecule has 2 N–H and O–H groups in total. The minimum absolute atomic E-state index is 0.165. The SMILES string of the molecule is O=C(Nc1ccc(N2CCc3sccc3C2)nc1)c1ccc2nc[nH]c2c1. The van der Waals surface area contributed by atoms with Crippen molar-refractivity contribution in [1.29, 1.82) is 0 Å². The van der Waals surface area contributed by atoms with Crippen LogP contribution in [0.2, 0.25) is 0 Å². The van der Waals surface area contributed by atoms with E-state index in [1.807, 2.05) is 29.5 Å². The molecule has 1 aromatic carbocycles. The second-order valence-electron chi connectivity index (χ2n) is 6.53. The minimum atomic E-state index is -0.165. The molecular formula is C20H17N5OS. The summed E-state index contributed by atoms with van der Waals surface area (Å²) in [5.74, 6) is 0.769. The number of thiophene rings is 1. The Morgan fingerprint density at radius 1 is 1.19 bits per heavy atom. The Hall–Kier alpha value is -3.19. The lowest BCUT2D eigenvalue weighted by atomic mass is 10.1. The number of nitrogens with zero attached hydrogens (tertiary/aromatic N) is 3. The third-order valence-electron chi connectivity index (χ3n) is 4.82. The molecular weight excluding hydrogens is 358 g/mol. The van der Waals surface area contributed by atoms with Crippen LogP contribution in [-0.2, 0) is 13.0 Å². The fourth-order valence-electron chi connectivity index (χ4n) is 3.37. The second kappa shape index (κ2) is 6.51. The van der Waals surface area contributed by atoms with Gasteiger partial charge in [-0.2, -0.15) is 0 Å². The zero-order valence-corrected chi connectivity index (χ0v) is 15.3. The molecule has 7 heteroatoms. The van der Waals surface area contributed by atoms with Crippen molar-refractivity contribution >= 4 is 39.8 Å². The number of H-pyrrole nitrogens is 1. The maximum atomic E-state index is 12.5. The highest BCUT2D eigenvalue weighted by Gasteiger charge is 2.18. The predicted molar refractivity (Wildman–Crippen MR) is 107 cm³/mol. The van der Waals surface area contributed by atoms with Crippen molar-refractivity contribution < 1.29 is 4.79 Å². The van der Waals surface area contributed by atoms with Gasteiger partial charge in [-0.25, -0.2) is 9.97 Å². The van der Waals surface area contributed by atoms with Gasteiger partial charge in [-0.3, -0.25) is 4.79 Å². The summed E-state index contributed by atoms with van der Waals surface area (Å²) in [5, 5.41) is 5.06. The molecule has 1 aliphatic rings. The molecule has 27 heavy (non-hydrogen) atoms. The third-order valence-corrected chi connectivity index (χ3v) is 5.84. The zero-order chi connectivity index (χ0) is 18.2. The molecule has 0 radical (unpaired) electrons. The number of carbonyl (C=O) groups is 1. The van der Waals surface area contributed by atoms with E-state index < -0.39 is 0 Å². The van der Waals surface area contributed by atoms with Gasteiger partial charge in [0.15, 0.2) is 0 Å². The van der Waals surface area contributed by atoms with Gasteiger partial charge in [-0.15, -0.1) is 11.3 Å². The van der Waals surface area contributed by atoms with Crippen molar-refractivity contribution in [1.82, 2.24) is 15.0 Å². The summed E-state index contributed by atoms with van der Waals surface area (Å²) in [5.41, 5.74) is 4.33. The minimum Gasteiger partial charge on any atom is -0.352 e. The number of hydrogen-bond acceptors (Lipinski definition) is 5. The van der Waals surface area contributed by atoms with E-state index in [-0.39, 0.29) is 5.91 Å². The summed E-state index contributed by atoms with van der Waals surface area (Å²) in [4.78, 5) is 28.0. The van der Waals surface area contributed by atoms with Crippen molar-refractivity contribution in [2.24, 2.45) is 0 Å². The molecule has 1 amide bonds. The average molecular weight is 375 g/mol. The van der Waals surface area contributed by atoms with Crippen LogP contribution in [0.25, 0.3) is 11.0 Å². The number of imidazole rings is 1. The normalized spacial score (nSPS) is 13.6. The number of amides is 1. The number of carbonyl (C=O) groups excluding carboxylic acids is 1. The van der Waals surface area contributed by atoms with E-state index in [9.17, 15) is 4.79 Å². The molecule has 0 spiro atoms. The molecule has 5 rings (SSSR count). The molecule has 134 valence electrons. The molecule has 3 aromatic heterocycles. The molecule has 0 fully saturated rings. The van der Waals surface area contributed by atoms with Crippen molar-refractivity contribution in [2.75, 3.05) is 16.8 Å². The Bertz CT molecular complexity index is 1110. The van der Waals surface area contributed by atoms with E-state index in [1.54, 1.807) is 24.7 Å². The number of benzene rings is 1. The van der Waals surface area contributed by atoms with Crippen LogP contribution in [0.1, 0.15) is 20.8 Å². The molecule has 1 aliphatic heterocycles. The summed E-state index contributed by atoms with van der Waals surface area (Å²) in [6, 6.07) is 11.5. The predicted octanol–water partition coefficient (Wildman–Crippen LogP) is 3.83. The average Bonchev–Trinajstić information content (AvgIpc) is 3.36. The van der Waals surface area contributed by atoms with Crippen LogP contribution in [0, 0.1) is 0 Å². The Morgan fingerprint density at radius 2 is 2.15 bits per heavy atom. The second-order valence-corrected chi connectivity index (χ2v) is 7.53. The summed E-state index contributed by atoms with van der Waals surface area (Å²) < 4.78 is 0. The third kappa shape index (κ3) is 3.06. The van der Waals surface area contributed by atoms with Gasteiger partial charge in [0, 0.05) is 23.5 Å². The van der Waals surface area contributed by atoms with Crippen LogP contribution >= 0.6 is 11.3 Å². The van der Waals surface area contributed by atoms with Gasteiger partial charge in [-0.05, 0) is 53.8 Å². The Labute approximate surface area is 159 Å². The van der Waals surface area contributed by atoms with Crippen molar-refractivity contribution in [3.05, 3.63) is 70.3 Å². The van der Waals surface area contributed by atoms with Gasteiger partial charge in [-0.1, -0.05) is 0 Å². The molecule has 0 unspecified atom stereocenters. The van der Waals surface area contributed by atoms with Crippen molar-refractivity contribution in [3.8, 4) is 0 Å². The van der Waals surface area contributed by atoms with Crippen molar-refractivity contribution in [2.45, 2.75) is 13.0 Å². The number of rotatable bonds is 3. The summed E-state index contributed by atoms with van der Waals surface area (Å²) in [6.45, 7) is 1.86. The first-order valence-electron chi connectivity index (χ1n) is 8.77. The number of hydrogen-bond donors (Lipinski definition) is 2. The maximum absolute atomic E-state index is 12.5. The Kier molecular flexibility index (Phi) is 3.86. The Morgan fingerprint density at radius 3 is 3.04 bits per heavy atom. The van der Waals surface area contributed by atoms with E-state index in [2.05, 4.69) is 36.6 Å². The van der Waals surface area contributed by atoms with Crippen LogP contribution in [0.4, 0.5) is 11.5 Å². The lowest BCUT2D eigenvalue weighted by molar-refractivity contribution is 0.102. The topological polar surface area (TPSA) is 73.9 Å². The smallest absolute Gasteiger partial charge is 0.255 e. The number of aromatic amines is 1. The van der Waals surface area contributed by atoms with Gasteiger partial charge < -0.3 is 15.2 Å². The monoisotopic (exact) mass is 375 g/mol. The van der Waals surface area contributed by atoms with Gasteiger partial charge in [0.25, 0.3) is 5.91 Å². The van der Waals surface area contributed by atoms with E-state index in [0.717, 1.165) is 36.4 Å². The van der Waals surface area contributed by atoms with Gasteiger partial charge in [0.05, 0.1) is 29.2 Å². The summed E-state index contributed by atoms with van der Waals surface area (Å²) in [7, 11) is 0. The number of fused-ring (bicyclic) bond motifs is 2. The summed E-state index contributed by atoms with van der Waals surface area (Å²) in [6.07, 6.45) is 4.39. The maximum Gasteiger partial charge on any atom is 0.255 e. The van der Waals surface area contributed by atoms with Gasteiger partial charge in [0.2, 0.25) is 0 Å². The highest BCUT2D eigenvalue weighted by molar-refractivity contribution is 7.10. The fourth-order valence-corrected chi connectivity index (χ4v) is 4.26. The van der Waals surface area contributed by atoms with Crippen LogP contribution in [-0.4, -0.2) is 27.4 Å². The first-order valence-corrected chi connectivity index (χ1v) is 9.65. The fraction of sp³-hybridized carbons (Fsp3) is 0.150.